The van der Waals surface area contributed by atoms with Crippen molar-refractivity contribution in [2.45, 2.75) is 13.3 Å². The van der Waals surface area contributed by atoms with E-state index in [4.69, 9.17) is 43.9 Å². The fourth-order valence-corrected chi connectivity index (χ4v) is 4.74. The van der Waals surface area contributed by atoms with Crippen molar-refractivity contribution in [3.8, 4) is 5.75 Å². The SMILES string of the molecule is C=CCSP(=O)(OCCC)Oc1cc(Cl)c(Cl)cc1Cl. The molecule has 0 N–H and O–H groups in total. The van der Waals surface area contributed by atoms with Crippen LogP contribution in [0.5, 0.6) is 5.75 Å². The van der Waals surface area contributed by atoms with Crippen LogP contribution in [-0.2, 0) is 9.09 Å². The van der Waals surface area contributed by atoms with Gasteiger partial charge in [-0.2, -0.15) is 0 Å². The minimum absolute atomic E-state index is 0.178. The molecule has 0 heterocycles. The quantitative estimate of drug-likeness (QED) is 0.296. The van der Waals surface area contributed by atoms with E-state index in [1.54, 1.807) is 6.08 Å². The summed E-state index contributed by atoms with van der Waals surface area (Å²) < 4.78 is 23.4. The van der Waals surface area contributed by atoms with Crippen LogP contribution in [0.25, 0.3) is 0 Å². The minimum Gasteiger partial charge on any atom is -0.415 e. The van der Waals surface area contributed by atoms with Crippen molar-refractivity contribution in [1.29, 1.82) is 0 Å². The molecule has 1 aromatic carbocycles. The van der Waals surface area contributed by atoms with Gasteiger partial charge < -0.3 is 4.52 Å². The predicted molar refractivity (Wildman–Crippen MR) is 88.6 cm³/mol. The zero-order chi connectivity index (χ0) is 15.2. The molecular weight excluding hydrogens is 362 g/mol. The molecule has 112 valence electrons. The Hall–Kier alpha value is 0.170. The second-order valence-corrected chi connectivity index (χ2v) is 8.92. The van der Waals surface area contributed by atoms with E-state index in [-0.39, 0.29) is 15.8 Å². The standard InChI is InChI=1S/C12H14Cl3O3PS/c1-3-5-17-19(16,20-6-4-2)18-12-8-10(14)9(13)7-11(12)15/h4,7-8H,2-3,5-6H2,1H3. The van der Waals surface area contributed by atoms with Crippen LogP contribution in [0.3, 0.4) is 0 Å². The van der Waals surface area contributed by atoms with Crippen LogP contribution in [0.2, 0.25) is 15.1 Å². The lowest BCUT2D eigenvalue weighted by molar-refractivity contribution is 0.281. The van der Waals surface area contributed by atoms with Crippen molar-refractivity contribution >= 4 is 53.0 Å². The van der Waals surface area contributed by atoms with Gasteiger partial charge in [-0.25, -0.2) is 4.57 Å². The van der Waals surface area contributed by atoms with Crippen LogP contribution >= 0.6 is 53.0 Å². The van der Waals surface area contributed by atoms with Crippen LogP contribution in [0.15, 0.2) is 24.8 Å². The lowest BCUT2D eigenvalue weighted by Gasteiger charge is -2.18. The molecule has 20 heavy (non-hydrogen) atoms. The number of halogens is 3. The third kappa shape index (κ3) is 5.51. The van der Waals surface area contributed by atoms with E-state index in [2.05, 4.69) is 6.58 Å². The highest BCUT2D eigenvalue weighted by Gasteiger charge is 2.28. The summed E-state index contributed by atoms with van der Waals surface area (Å²) in [4.78, 5) is 0. The van der Waals surface area contributed by atoms with Crippen molar-refractivity contribution in [1.82, 2.24) is 0 Å². The van der Waals surface area contributed by atoms with E-state index in [0.29, 0.717) is 17.4 Å². The van der Waals surface area contributed by atoms with Gasteiger partial charge in [0.05, 0.1) is 21.7 Å². The molecule has 1 aromatic rings. The zero-order valence-electron chi connectivity index (χ0n) is 10.8. The Balaban J connectivity index is 2.96. The summed E-state index contributed by atoms with van der Waals surface area (Å²) in [6, 6.07) is 2.85. The van der Waals surface area contributed by atoms with Gasteiger partial charge in [-0.3, -0.25) is 4.52 Å². The summed E-state index contributed by atoms with van der Waals surface area (Å²) in [6.45, 7) is 2.43. The molecule has 0 saturated carbocycles. The first kappa shape index (κ1) is 18.2. The third-order valence-corrected chi connectivity index (χ3v) is 6.56. The first-order valence-electron chi connectivity index (χ1n) is 5.76. The smallest absolute Gasteiger partial charge is 0.415 e. The molecule has 1 atom stereocenters. The van der Waals surface area contributed by atoms with E-state index in [1.165, 1.54) is 12.1 Å². The van der Waals surface area contributed by atoms with E-state index in [0.717, 1.165) is 17.8 Å². The molecule has 3 nitrogen and oxygen atoms in total. The fraction of sp³-hybridized carbons (Fsp3) is 0.333. The lowest BCUT2D eigenvalue weighted by Crippen LogP contribution is -1.98. The molecule has 0 spiro atoms. The van der Waals surface area contributed by atoms with Crippen molar-refractivity contribution < 1.29 is 13.6 Å². The second kappa shape index (κ2) is 8.57. The highest BCUT2D eigenvalue weighted by Crippen LogP contribution is 2.61. The van der Waals surface area contributed by atoms with Gasteiger partial charge in [-0.15, -0.1) is 6.58 Å². The minimum atomic E-state index is -3.38. The topological polar surface area (TPSA) is 35.5 Å². The average molecular weight is 376 g/mol. The molecule has 0 aliphatic carbocycles. The Morgan fingerprint density at radius 1 is 1.30 bits per heavy atom. The monoisotopic (exact) mass is 374 g/mol. The molecule has 0 radical (unpaired) electrons. The Morgan fingerprint density at radius 3 is 2.55 bits per heavy atom. The maximum Gasteiger partial charge on any atom is 0.440 e. The summed E-state index contributed by atoms with van der Waals surface area (Å²) in [5.74, 6) is 0.608. The Morgan fingerprint density at radius 2 is 1.95 bits per heavy atom. The third-order valence-electron chi connectivity index (χ3n) is 1.99. The molecule has 0 aromatic heterocycles. The molecule has 8 heteroatoms. The highest BCUT2D eigenvalue weighted by atomic mass is 35.5. The van der Waals surface area contributed by atoms with Crippen molar-refractivity contribution in [3.63, 3.8) is 0 Å². The summed E-state index contributed by atoms with van der Waals surface area (Å²) in [7, 11) is 0. The van der Waals surface area contributed by atoms with E-state index in [9.17, 15) is 4.57 Å². The van der Waals surface area contributed by atoms with Crippen molar-refractivity contribution in [2.75, 3.05) is 12.4 Å². The van der Waals surface area contributed by atoms with Crippen molar-refractivity contribution in [2.24, 2.45) is 0 Å². The van der Waals surface area contributed by atoms with E-state index in [1.807, 2.05) is 6.92 Å². The first-order chi connectivity index (χ1) is 9.41. The lowest BCUT2D eigenvalue weighted by atomic mass is 10.3. The molecule has 0 bridgehead atoms. The summed E-state index contributed by atoms with van der Waals surface area (Å²) >= 11 is 18.8. The molecule has 0 aliphatic heterocycles. The second-order valence-electron chi connectivity index (χ2n) is 3.65. The number of hydrogen-bond acceptors (Lipinski definition) is 4. The van der Waals surface area contributed by atoms with Gasteiger partial charge in [0.15, 0.2) is 0 Å². The van der Waals surface area contributed by atoms with Gasteiger partial charge >= 0.3 is 6.80 Å². The highest BCUT2D eigenvalue weighted by molar-refractivity contribution is 8.55. The molecule has 1 unspecified atom stereocenters. The summed E-state index contributed by atoms with van der Waals surface area (Å²) in [5, 5.41) is 0.785. The molecule has 0 aliphatic rings. The molecule has 0 saturated heterocycles. The van der Waals surface area contributed by atoms with Crippen molar-refractivity contribution in [3.05, 3.63) is 39.9 Å². The van der Waals surface area contributed by atoms with Gasteiger partial charge in [-0.1, -0.05) is 47.8 Å². The Labute approximate surface area is 137 Å². The van der Waals surface area contributed by atoms with E-state index < -0.39 is 6.80 Å². The van der Waals surface area contributed by atoms with Gasteiger partial charge in [0.2, 0.25) is 0 Å². The van der Waals surface area contributed by atoms with Crippen LogP contribution in [0.4, 0.5) is 0 Å². The first-order valence-corrected chi connectivity index (χ1v) is 10.0. The van der Waals surface area contributed by atoms with Gasteiger partial charge in [0.1, 0.15) is 5.75 Å². The maximum absolute atomic E-state index is 12.6. The fourth-order valence-electron chi connectivity index (χ4n) is 1.13. The van der Waals surface area contributed by atoms with Gasteiger partial charge in [0.25, 0.3) is 0 Å². The number of benzene rings is 1. The molecule has 1 rings (SSSR count). The van der Waals surface area contributed by atoms with Crippen LogP contribution in [0.1, 0.15) is 13.3 Å². The normalized spacial score (nSPS) is 13.8. The summed E-state index contributed by atoms with van der Waals surface area (Å²) in [6.07, 6.45) is 2.34. The average Bonchev–Trinajstić information content (AvgIpc) is 2.40. The number of rotatable bonds is 8. The van der Waals surface area contributed by atoms with Crippen LogP contribution < -0.4 is 4.52 Å². The predicted octanol–water partition coefficient (Wildman–Crippen LogP) is 6.48. The maximum atomic E-state index is 12.6. The zero-order valence-corrected chi connectivity index (χ0v) is 14.8. The van der Waals surface area contributed by atoms with Gasteiger partial charge in [0, 0.05) is 11.8 Å². The number of hydrogen-bond donors (Lipinski definition) is 0. The molecule has 0 amide bonds. The van der Waals surface area contributed by atoms with Crippen LogP contribution in [0, 0.1) is 0 Å². The van der Waals surface area contributed by atoms with E-state index >= 15 is 0 Å². The van der Waals surface area contributed by atoms with Crippen LogP contribution in [-0.4, -0.2) is 12.4 Å². The molecule has 0 fully saturated rings. The molecular formula is C12H14Cl3O3PS. The summed E-state index contributed by atoms with van der Waals surface area (Å²) in [5.41, 5.74) is 0. The van der Waals surface area contributed by atoms with Gasteiger partial charge in [-0.05, 0) is 23.9 Å². The Bertz CT molecular complexity index is 525. The largest absolute Gasteiger partial charge is 0.440 e. The Kier molecular flexibility index (Phi) is 7.81.